The fourth-order valence-corrected chi connectivity index (χ4v) is 0.201. The number of hydrogen-bond acceptors (Lipinski definition) is 6. The molecular formula is C11H29N2O5-. The third-order valence-electron chi connectivity index (χ3n) is 0.438. The molecule has 0 aliphatic rings. The molecule has 0 rings (SSSR count). The molecule has 0 radical (unpaired) electrons. The molecule has 0 amide bonds. The van der Waals surface area contributed by atoms with Gasteiger partial charge in [0.1, 0.15) is 0 Å². The van der Waals surface area contributed by atoms with Crippen LogP contribution >= 0.6 is 0 Å². The first-order valence-electron chi connectivity index (χ1n) is 4.97. The summed E-state index contributed by atoms with van der Waals surface area (Å²) in [7, 11) is 0. The van der Waals surface area contributed by atoms with Crippen LogP contribution in [0.3, 0.4) is 0 Å². The summed E-state index contributed by atoms with van der Waals surface area (Å²) in [5.74, 6) is -1.14. The lowest BCUT2D eigenvalue weighted by Gasteiger charge is -2.04. The number of nitrogens with two attached hydrogens (primary N) is 1. The average molecular weight is 269 g/mol. The molecule has 114 valence electrons. The minimum absolute atomic E-state index is 0. The molecule has 0 aliphatic carbocycles. The van der Waals surface area contributed by atoms with Gasteiger partial charge in [0.2, 0.25) is 0 Å². The zero-order valence-electron chi connectivity index (χ0n) is 11.4. The number of rotatable bonds is 2. The largest absolute Gasteiger partial charge is 0.870 e. The van der Waals surface area contributed by atoms with E-state index in [4.69, 9.17) is 15.6 Å². The second kappa shape index (κ2) is 21.1. The predicted molar refractivity (Wildman–Crippen MR) is 71.3 cm³/mol. The van der Waals surface area contributed by atoms with Crippen molar-refractivity contribution in [1.29, 1.82) is 0 Å². The predicted octanol–water partition coefficient (Wildman–Crippen LogP) is 1.37. The molecule has 0 unspecified atom stereocenters. The quantitative estimate of drug-likeness (QED) is 0.645. The molecule has 0 aromatic heterocycles. The Labute approximate surface area is 110 Å². The van der Waals surface area contributed by atoms with Crippen LogP contribution in [0.25, 0.3) is 0 Å². The fourth-order valence-electron chi connectivity index (χ4n) is 0.201. The highest BCUT2D eigenvalue weighted by atomic mass is 16.7. The van der Waals surface area contributed by atoms with E-state index in [0.29, 0.717) is 6.04 Å². The molecule has 0 heterocycles. The van der Waals surface area contributed by atoms with Crippen LogP contribution < -0.4 is 11.2 Å². The Kier molecular flexibility index (Phi) is 35.4. The molecule has 7 heteroatoms. The van der Waals surface area contributed by atoms with Crippen LogP contribution in [0.15, 0.2) is 0 Å². The zero-order valence-corrected chi connectivity index (χ0v) is 11.4. The number of carboxylic acids is 1. The summed E-state index contributed by atoms with van der Waals surface area (Å²) < 4.78 is 0. The van der Waals surface area contributed by atoms with Crippen LogP contribution in [0.2, 0.25) is 0 Å². The molecule has 0 spiro atoms. The molecule has 0 saturated heterocycles. The molecule has 0 bridgehead atoms. The molecule has 18 heavy (non-hydrogen) atoms. The van der Waals surface area contributed by atoms with E-state index in [1.165, 1.54) is 6.92 Å². The van der Waals surface area contributed by atoms with Crippen LogP contribution in [0.4, 0.5) is 0 Å². The van der Waals surface area contributed by atoms with Crippen LogP contribution in [-0.2, 0) is 14.4 Å². The van der Waals surface area contributed by atoms with Crippen molar-refractivity contribution >= 4 is 11.9 Å². The maximum atomic E-state index is 10.1. The lowest BCUT2D eigenvalue weighted by molar-refractivity contribution is -0.149. The van der Waals surface area contributed by atoms with E-state index in [9.17, 15) is 4.79 Å². The van der Waals surface area contributed by atoms with Crippen molar-refractivity contribution in [3.05, 3.63) is 0 Å². The minimum Gasteiger partial charge on any atom is -0.870 e. The van der Waals surface area contributed by atoms with Crippen molar-refractivity contribution in [3.8, 4) is 0 Å². The molecule has 0 saturated carbocycles. The van der Waals surface area contributed by atoms with E-state index in [1.807, 2.05) is 27.7 Å². The number of hydroxylamine groups is 1. The maximum Gasteiger partial charge on any atom is 0.321 e. The van der Waals surface area contributed by atoms with Gasteiger partial charge in [-0.3, -0.25) is 9.59 Å². The van der Waals surface area contributed by atoms with Crippen LogP contribution in [0.5, 0.6) is 0 Å². The van der Waals surface area contributed by atoms with Gasteiger partial charge in [-0.2, -0.15) is 5.48 Å². The van der Waals surface area contributed by atoms with E-state index in [-0.39, 0.29) is 24.9 Å². The number of carbonyl (C=O) groups excluding carboxylic acids is 1. The number of carboxylic acid groups (broad SMARTS) is 1. The zero-order chi connectivity index (χ0) is 13.7. The molecule has 0 aromatic carbocycles. The van der Waals surface area contributed by atoms with E-state index in [0.717, 1.165) is 6.92 Å². The van der Waals surface area contributed by atoms with Crippen molar-refractivity contribution in [2.45, 2.75) is 61.1 Å². The van der Waals surface area contributed by atoms with Crippen molar-refractivity contribution in [2.75, 3.05) is 0 Å². The van der Waals surface area contributed by atoms with Crippen molar-refractivity contribution in [1.82, 2.24) is 5.48 Å². The number of hydrogen-bond donors (Lipinski definition) is 3. The molecule has 0 aliphatic heterocycles. The summed E-state index contributed by atoms with van der Waals surface area (Å²) in [6, 6.07) is 0.527. The van der Waals surface area contributed by atoms with Gasteiger partial charge in [-0.15, -0.1) is 0 Å². The first-order chi connectivity index (χ1) is 7.09. The standard InChI is InChI=1S/C5H11NO2.C3H9N.C2H4O2.CH4.H2O/c1-4(2)6-8-5(3)7;1-3(2)4;1-2(3)4;;/h4,6H,1-3H3;3H,4H2,1-2H3;1H3,(H,3,4);1H4;1H2/p-1. The molecule has 0 aromatic rings. The minimum atomic E-state index is -0.833. The summed E-state index contributed by atoms with van der Waals surface area (Å²) in [4.78, 5) is 23.5. The molecule has 5 N–H and O–H groups in total. The number of carbonyl (C=O) groups is 2. The van der Waals surface area contributed by atoms with Gasteiger partial charge in [-0.1, -0.05) is 21.3 Å². The Morgan fingerprint density at radius 1 is 1.17 bits per heavy atom. The number of aliphatic carboxylic acids is 1. The smallest absolute Gasteiger partial charge is 0.321 e. The van der Waals surface area contributed by atoms with Crippen molar-refractivity contribution in [2.24, 2.45) is 5.73 Å². The Morgan fingerprint density at radius 3 is 1.44 bits per heavy atom. The van der Waals surface area contributed by atoms with E-state index in [1.54, 1.807) is 0 Å². The second-order valence-corrected chi connectivity index (χ2v) is 3.63. The van der Waals surface area contributed by atoms with E-state index in [2.05, 4.69) is 10.3 Å². The average Bonchev–Trinajstić information content (AvgIpc) is 1.98. The Bertz CT molecular complexity index is 178. The summed E-state index contributed by atoms with van der Waals surface area (Å²) in [6.45, 7) is 10.1. The van der Waals surface area contributed by atoms with Crippen LogP contribution in [-0.4, -0.2) is 34.6 Å². The fraction of sp³-hybridized carbons (Fsp3) is 0.818. The van der Waals surface area contributed by atoms with Gasteiger partial charge in [0.15, 0.2) is 0 Å². The van der Waals surface area contributed by atoms with Gasteiger partial charge in [0.05, 0.1) is 0 Å². The Morgan fingerprint density at radius 2 is 1.39 bits per heavy atom. The van der Waals surface area contributed by atoms with Gasteiger partial charge < -0.3 is 21.2 Å². The van der Waals surface area contributed by atoms with E-state index < -0.39 is 5.97 Å². The molecule has 0 fully saturated rings. The second-order valence-electron chi connectivity index (χ2n) is 3.63. The first-order valence-corrected chi connectivity index (χ1v) is 4.97. The van der Waals surface area contributed by atoms with Gasteiger partial charge in [0.25, 0.3) is 5.97 Å². The highest BCUT2D eigenvalue weighted by molar-refractivity contribution is 5.65. The summed E-state index contributed by atoms with van der Waals surface area (Å²) in [6.07, 6.45) is 0. The Balaban J connectivity index is -0.0000000489. The van der Waals surface area contributed by atoms with Crippen LogP contribution in [0, 0.1) is 0 Å². The monoisotopic (exact) mass is 269 g/mol. The molecule has 7 nitrogen and oxygen atoms in total. The number of nitrogens with one attached hydrogen (secondary N) is 1. The lowest BCUT2D eigenvalue weighted by atomic mass is 10.4. The van der Waals surface area contributed by atoms with Gasteiger partial charge in [-0.05, 0) is 19.9 Å². The molecule has 0 atom stereocenters. The third-order valence-corrected chi connectivity index (χ3v) is 0.438. The SMILES string of the molecule is C.CC(=O)O.CC(=O)ONC(C)C.CC(C)N.[OH-]. The lowest BCUT2D eigenvalue weighted by Crippen LogP contribution is -2.25. The van der Waals surface area contributed by atoms with Gasteiger partial charge >= 0.3 is 5.97 Å². The maximum absolute atomic E-state index is 10.1. The summed E-state index contributed by atoms with van der Waals surface area (Å²) >= 11 is 0. The Hall–Kier alpha value is -1.18. The first kappa shape index (κ1) is 30.1. The summed E-state index contributed by atoms with van der Waals surface area (Å²) in [5.41, 5.74) is 7.61. The van der Waals surface area contributed by atoms with Crippen molar-refractivity contribution < 1.29 is 25.0 Å². The topological polar surface area (TPSA) is 132 Å². The summed E-state index contributed by atoms with van der Waals surface area (Å²) in [5, 5.41) is 7.42. The third kappa shape index (κ3) is 194. The highest BCUT2D eigenvalue weighted by Crippen LogP contribution is 1.76. The van der Waals surface area contributed by atoms with Crippen LogP contribution in [0.1, 0.15) is 49.0 Å². The van der Waals surface area contributed by atoms with Gasteiger partial charge in [-0.25, -0.2) is 0 Å². The van der Waals surface area contributed by atoms with E-state index >= 15 is 0 Å². The highest BCUT2D eigenvalue weighted by Gasteiger charge is 1.92. The van der Waals surface area contributed by atoms with Gasteiger partial charge in [0, 0.05) is 19.9 Å². The van der Waals surface area contributed by atoms with Crippen molar-refractivity contribution in [3.63, 3.8) is 0 Å². The normalized spacial score (nSPS) is 7.61. The molecular weight excluding hydrogens is 240 g/mol.